The molecule has 0 aromatic carbocycles. The molecule has 0 N–H and O–H groups in total. The minimum absolute atomic E-state index is 0. The second kappa shape index (κ2) is 6.95. The van der Waals surface area contributed by atoms with Crippen molar-refractivity contribution in [2.24, 2.45) is 0 Å². The predicted molar refractivity (Wildman–Crippen MR) is 27.5 cm³/mol. The van der Waals surface area contributed by atoms with Gasteiger partial charge < -0.3 is 4.74 Å². The summed E-state index contributed by atoms with van der Waals surface area (Å²) in [6.45, 7) is 0. The zero-order valence-corrected chi connectivity index (χ0v) is 8.80. The van der Waals surface area contributed by atoms with E-state index in [0.29, 0.717) is 0 Å². The van der Waals surface area contributed by atoms with Crippen LogP contribution in [-0.4, -0.2) is 51.4 Å². The quantitative estimate of drug-likeness (QED) is 0.392. The first-order valence-corrected chi connectivity index (χ1v) is 2.04. The average molecular weight is 217 g/mol. The summed E-state index contributed by atoms with van der Waals surface area (Å²) in [5, 5.41) is 0. The van der Waals surface area contributed by atoms with E-state index in [-0.39, 0.29) is 51.4 Å². The van der Waals surface area contributed by atoms with Crippen molar-refractivity contribution >= 4 is 51.4 Å². The topological polar surface area (TPSA) is 9.23 Å². The summed E-state index contributed by atoms with van der Waals surface area (Å²) in [5.41, 5.74) is 0. The van der Waals surface area contributed by atoms with E-state index in [2.05, 4.69) is 4.74 Å². The van der Waals surface area contributed by atoms with E-state index in [1.54, 1.807) is 0 Å². The fourth-order valence-electron chi connectivity index (χ4n) is 0.156. The third-order valence-corrected chi connectivity index (χ3v) is 0.476. The summed E-state index contributed by atoms with van der Waals surface area (Å²) in [4.78, 5) is 0. The minimum atomic E-state index is -3.01. The van der Waals surface area contributed by atoms with Gasteiger partial charge in [0.2, 0.25) is 0 Å². The Morgan fingerprint density at radius 2 is 0.917 bits per heavy atom. The summed E-state index contributed by atoms with van der Waals surface area (Å²) < 4.78 is 69.6. The normalized spacial score (nSPS) is 8.17. The van der Waals surface area contributed by atoms with Gasteiger partial charge >= 0.3 is 24.2 Å². The van der Waals surface area contributed by atoms with Crippen LogP contribution in [0.4, 0.5) is 26.3 Å². The second-order valence-corrected chi connectivity index (χ2v) is 1.17. The van der Waals surface area contributed by atoms with E-state index in [1.807, 2.05) is 0 Å². The van der Waals surface area contributed by atoms with Gasteiger partial charge in [-0.2, -0.15) is 26.3 Å². The van der Waals surface area contributed by atoms with Gasteiger partial charge in [0.15, 0.2) is 0 Å². The van der Waals surface area contributed by atoms with Crippen molar-refractivity contribution in [1.82, 2.24) is 0 Å². The second-order valence-electron chi connectivity index (χ2n) is 1.17. The molecule has 0 fully saturated rings. The fourth-order valence-corrected chi connectivity index (χ4v) is 0.156. The Hall–Kier alpha value is 0.496. The van der Waals surface area contributed by atoms with E-state index >= 15 is 0 Å². The van der Waals surface area contributed by atoms with Crippen LogP contribution in [0.15, 0.2) is 24.2 Å². The van der Waals surface area contributed by atoms with Gasteiger partial charge in [-0.05, 0) is 0 Å². The molecule has 0 atom stereocenters. The van der Waals surface area contributed by atoms with Gasteiger partial charge in [0.1, 0.15) is 0 Å². The molecule has 0 aliphatic heterocycles. The van der Waals surface area contributed by atoms with Crippen LogP contribution >= 0.6 is 0 Å². The van der Waals surface area contributed by atoms with Crippen molar-refractivity contribution in [3.63, 3.8) is 0 Å². The van der Waals surface area contributed by atoms with E-state index in [9.17, 15) is 26.3 Å². The van der Waals surface area contributed by atoms with Crippen LogP contribution in [0.3, 0.4) is 0 Å². The Morgan fingerprint density at radius 3 is 1.08 bits per heavy atom. The average Bonchev–Trinajstić information content (AvgIpc) is 1.87. The van der Waals surface area contributed by atoms with Crippen molar-refractivity contribution in [3.8, 4) is 0 Å². The van der Waals surface area contributed by atoms with E-state index < -0.39 is 24.2 Å². The summed E-state index contributed by atoms with van der Waals surface area (Å²) in [6.07, 6.45) is -6.03. The molecule has 65 valence electrons. The molecule has 8 heteroatoms. The van der Waals surface area contributed by atoms with Gasteiger partial charge in [0.05, 0.1) is 0 Å². The van der Waals surface area contributed by atoms with Gasteiger partial charge in [0, 0.05) is 51.4 Å². The molecule has 0 rings (SSSR count). The predicted octanol–water partition coefficient (Wildman–Crippen LogP) is 2.69. The maximum absolute atomic E-state index is 11.4. The molecular formula is C4F6KO. The smallest absolute Gasteiger partial charge is 0.346 e. The van der Waals surface area contributed by atoms with Gasteiger partial charge in [-0.15, -0.1) is 0 Å². The molecular weight excluding hydrogens is 217 g/mol. The SMILES string of the molecule is FC(F)=C(F)OC(F)=C(F)F.[K]. The van der Waals surface area contributed by atoms with Gasteiger partial charge in [-0.3, -0.25) is 0 Å². The van der Waals surface area contributed by atoms with Crippen molar-refractivity contribution in [3.05, 3.63) is 24.2 Å². The Bertz CT molecular complexity index is 182. The summed E-state index contributed by atoms with van der Waals surface area (Å²) in [5.74, 6) is 0. The van der Waals surface area contributed by atoms with E-state index in [1.165, 1.54) is 0 Å². The minimum Gasteiger partial charge on any atom is -0.396 e. The molecule has 0 amide bonds. The van der Waals surface area contributed by atoms with Crippen molar-refractivity contribution in [1.29, 1.82) is 0 Å². The van der Waals surface area contributed by atoms with Crippen LogP contribution in [0.2, 0.25) is 0 Å². The number of rotatable bonds is 2. The first kappa shape index (κ1) is 15.0. The molecule has 0 saturated heterocycles. The van der Waals surface area contributed by atoms with Gasteiger partial charge in [0.25, 0.3) is 0 Å². The Morgan fingerprint density at radius 1 is 0.667 bits per heavy atom. The fraction of sp³-hybridized carbons (Fsp3) is 0. The van der Waals surface area contributed by atoms with Crippen LogP contribution in [0.1, 0.15) is 0 Å². The maximum atomic E-state index is 11.4. The van der Waals surface area contributed by atoms with E-state index in [0.717, 1.165) is 0 Å². The van der Waals surface area contributed by atoms with Crippen LogP contribution in [-0.2, 0) is 4.74 Å². The standard InChI is InChI=1S/C4F6O.K/c5-1(6)3(9)11-4(10)2(7)8;. The van der Waals surface area contributed by atoms with Gasteiger partial charge in [-0.25, -0.2) is 0 Å². The molecule has 0 aliphatic carbocycles. The molecule has 1 nitrogen and oxygen atoms in total. The van der Waals surface area contributed by atoms with E-state index in [4.69, 9.17) is 0 Å². The summed E-state index contributed by atoms with van der Waals surface area (Å²) >= 11 is 0. The Labute approximate surface area is 105 Å². The molecule has 0 spiro atoms. The molecule has 0 aliphatic rings. The Kier molecular flexibility index (Phi) is 8.69. The first-order valence-electron chi connectivity index (χ1n) is 2.04. The summed E-state index contributed by atoms with van der Waals surface area (Å²) in [7, 11) is 0. The zero-order valence-electron chi connectivity index (χ0n) is 5.68. The van der Waals surface area contributed by atoms with Gasteiger partial charge in [-0.1, -0.05) is 0 Å². The molecule has 0 heterocycles. The monoisotopic (exact) mass is 217 g/mol. The molecule has 1 radical (unpaired) electrons. The van der Waals surface area contributed by atoms with Crippen LogP contribution in [0.5, 0.6) is 0 Å². The zero-order chi connectivity index (χ0) is 9.02. The van der Waals surface area contributed by atoms with Crippen molar-refractivity contribution in [2.45, 2.75) is 0 Å². The number of hydrogen-bond acceptors (Lipinski definition) is 1. The molecule has 0 bridgehead atoms. The number of ether oxygens (including phenoxy) is 1. The molecule has 0 aromatic heterocycles. The third-order valence-electron chi connectivity index (χ3n) is 0.476. The molecule has 0 saturated carbocycles. The third kappa shape index (κ3) is 6.06. The Balaban J connectivity index is 0. The van der Waals surface area contributed by atoms with Crippen molar-refractivity contribution < 1.29 is 31.1 Å². The van der Waals surface area contributed by atoms with Crippen LogP contribution in [0.25, 0.3) is 0 Å². The number of hydrogen-bond donors (Lipinski definition) is 0. The summed E-state index contributed by atoms with van der Waals surface area (Å²) in [6, 6.07) is -5.37. The first-order chi connectivity index (χ1) is 4.95. The van der Waals surface area contributed by atoms with Crippen molar-refractivity contribution in [2.75, 3.05) is 0 Å². The van der Waals surface area contributed by atoms with Crippen LogP contribution < -0.4 is 0 Å². The molecule has 12 heavy (non-hydrogen) atoms. The molecule has 0 aromatic rings. The largest absolute Gasteiger partial charge is 0.396 e. The van der Waals surface area contributed by atoms with Crippen LogP contribution in [0, 0.1) is 0 Å². The maximum Gasteiger partial charge on any atom is 0.346 e. The molecule has 0 unspecified atom stereocenters. The number of halogens is 6.